The number of benzene rings is 1. The number of hydrogen-bond acceptors (Lipinski definition) is 2. The van der Waals surface area contributed by atoms with Gasteiger partial charge in [-0.25, -0.2) is 4.98 Å². The zero-order chi connectivity index (χ0) is 12.4. The van der Waals surface area contributed by atoms with Crippen molar-refractivity contribution in [2.75, 3.05) is 0 Å². The second kappa shape index (κ2) is 5.00. The summed E-state index contributed by atoms with van der Waals surface area (Å²) in [6.07, 6.45) is 1.61. The van der Waals surface area contributed by atoms with Crippen LogP contribution in [0.4, 0.5) is 0 Å². The van der Waals surface area contributed by atoms with Crippen molar-refractivity contribution in [3.05, 3.63) is 61.3 Å². The van der Waals surface area contributed by atoms with Gasteiger partial charge in [0.05, 0.1) is 22.1 Å². The fraction of sp³-hybridized carbons (Fsp3) is 0.231. The van der Waals surface area contributed by atoms with Crippen molar-refractivity contribution in [1.29, 1.82) is 0 Å². The molecule has 0 bridgehead atoms. The van der Waals surface area contributed by atoms with E-state index in [2.05, 4.69) is 11.1 Å². The van der Waals surface area contributed by atoms with Gasteiger partial charge in [0.2, 0.25) is 0 Å². The molecule has 0 unspecified atom stereocenters. The van der Waals surface area contributed by atoms with Crippen LogP contribution in [-0.4, -0.2) is 9.55 Å². The van der Waals surface area contributed by atoms with E-state index in [-0.39, 0.29) is 5.56 Å². The van der Waals surface area contributed by atoms with Crippen LogP contribution in [0.25, 0.3) is 0 Å². The van der Waals surface area contributed by atoms with Crippen molar-refractivity contribution in [3.63, 3.8) is 0 Å². The molecule has 2 aromatic rings. The molecule has 0 aliphatic carbocycles. The Morgan fingerprint density at radius 1 is 1.35 bits per heavy atom. The second-order valence-corrected chi connectivity index (χ2v) is 5.14. The molecule has 4 heteroatoms. The lowest BCUT2D eigenvalue weighted by Crippen LogP contribution is -2.24. The van der Waals surface area contributed by atoms with Gasteiger partial charge >= 0.3 is 0 Å². The summed E-state index contributed by atoms with van der Waals surface area (Å²) in [4.78, 5) is 16.2. The van der Waals surface area contributed by atoms with Gasteiger partial charge in [-0.3, -0.25) is 9.36 Å². The normalized spacial score (nSPS) is 10.5. The van der Waals surface area contributed by atoms with Crippen LogP contribution in [0.5, 0.6) is 0 Å². The highest BCUT2D eigenvalue weighted by molar-refractivity contribution is 14.1. The van der Waals surface area contributed by atoms with Gasteiger partial charge in [-0.15, -0.1) is 0 Å². The summed E-state index contributed by atoms with van der Waals surface area (Å²) in [5, 5.41) is 0. The number of aryl methyl sites for hydroxylation is 2. The van der Waals surface area contributed by atoms with Crippen LogP contribution in [0.3, 0.4) is 0 Å². The predicted octanol–water partition coefficient (Wildman–Crippen LogP) is 2.51. The molecule has 1 aromatic heterocycles. The largest absolute Gasteiger partial charge is 0.294 e. The van der Waals surface area contributed by atoms with Crippen molar-refractivity contribution in [2.45, 2.75) is 20.4 Å². The third-order valence-electron chi connectivity index (χ3n) is 2.59. The molecule has 0 radical (unpaired) electrons. The first-order valence-corrected chi connectivity index (χ1v) is 6.43. The average Bonchev–Trinajstić information content (AvgIpc) is 2.30. The van der Waals surface area contributed by atoms with Crippen molar-refractivity contribution < 1.29 is 0 Å². The first kappa shape index (κ1) is 12.3. The summed E-state index contributed by atoms with van der Waals surface area (Å²) in [5.74, 6) is 0. The van der Waals surface area contributed by atoms with E-state index in [1.165, 1.54) is 5.56 Å². The molecule has 0 saturated carbocycles. The van der Waals surface area contributed by atoms with Gasteiger partial charge in [0.25, 0.3) is 5.56 Å². The lowest BCUT2D eigenvalue weighted by molar-refractivity contribution is 0.723. The van der Waals surface area contributed by atoms with Crippen LogP contribution < -0.4 is 5.56 Å². The maximum Gasteiger partial charge on any atom is 0.267 e. The van der Waals surface area contributed by atoms with Crippen molar-refractivity contribution in [2.24, 2.45) is 0 Å². The summed E-state index contributed by atoms with van der Waals surface area (Å²) in [7, 11) is 0. The van der Waals surface area contributed by atoms with Crippen molar-refractivity contribution in [3.8, 4) is 0 Å². The minimum Gasteiger partial charge on any atom is -0.294 e. The molecule has 88 valence electrons. The van der Waals surface area contributed by atoms with Gasteiger partial charge in [-0.2, -0.15) is 0 Å². The van der Waals surface area contributed by atoms with Gasteiger partial charge in [-0.1, -0.05) is 29.8 Å². The maximum absolute atomic E-state index is 12.0. The van der Waals surface area contributed by atoms with E-state index >= 15 is 0 Å². The highest BCUT2D eigenvalue weighted by Gasteiger charge is 2.05. The molecule has 3 nitrogen and oxygen atoms in total. The Balaban J connectivity index is 2.37. The van der Waals surface area contributed by atoms with E-state index in [9.17, 15) is 4.79 Å². The Kier molecular flexibility index (Phi) is 3.61. The van der Waals surface area contributed by atoms with E-state index in [4.69, 9.17) is 0 Å². The fourth-order valence-electron chi connectivity index (χ4n) is 1.67. The third-order valence-corrected chi connectivity index (χ3v) is 3.83. The molecule has 1 heterocycles. The molecule has 0 N–H and O–H groups in total. The molecule has 0 fully saturated rings. The predicted molar refractivity (Wildman–Crippen MR) is 76.2 cm³/mol. The van der Waals surface area contributed by atoms with Gasteiger partial charge in [-0.05, 0) is 42.0 Å². The minimum absolute atomic E-state index is 0.0274. The van der Waals surface area contributed by atoms with Crippen LogP contribution >= 0.6 is 22.6 Å². The number of aromatic nitrogens is 2. The molecule has 17 heavy (non-hydrogen) atoms. The van der Waals surface area contributed by atoms with E-state index in [0.717, 1.165) is 11.3 Å². The topological polar surface area (TPSA) is 34.9 Å². The fourth-order valence-corrected chi connectivity index (χ4v) is 2.12. The molecule has 0 saturated heterocycles. The van der Waals surface area contributed by atoms with Crippen LogP contribution in [0.2, 0.25) is 0 Å². The van der Waals surface area contributed by atoms with Crippen molar-refractivity contribution >= 4 is 22.6 Å². The summed E-state index contributed by atoms with van der Waals surface area (Å²) < 4.78 is 2.33. The van der Waals surface area contributed by atoms with Gasteiger partial charge < -0.3 is 0 Å². The lowest BCUT2D eigenvalue weighted by atomic mass is 10.1. The lowest BCUT2D eigenvalue weighted by Gasteiger charge is -2.07. The van der Waals surface area contributed by atoms with Gasteiger partial charge in [0.15, 0.2) is 0 Å². The summed E-state index contributed by atoms with van der Waals surface area (Å²) in [6.45, 7) is 4.47. The highest BCUT2D eigenvalue weighted by Crippen LogP contribution is 2.06. The van der Waals surface area contributed by atoms with Crippen LogP contribution in [-0.2, 0) is 6.54 Å². The maximum atomic E-state index is 12.0. The second-order valence-electron chi connectivity index (χ2n) is 4.07. The molecule has 0 aliphatic heterocycles. The first-order chi connectivity index (χ1) is 8.08. The monoisotopic (exact) mass is 340 g/mol. The standard InChI is InChI=1S/C13H13IN2O/c1-9-4-3-5-11(6-9)7-16-8-15-10(2)12(14)13(16)17/h3-6,8H,7H2,1-2H3. The number of hydrogen-bond donors (Lipinski definition) is 0. The van der Waals surface area contributed by atoms with E-state index in [1.807, 2.05) is 54.6 Å². The zero-order valence-electron chi connectivity index (χ0n) is 9.77. The van der Waals surface area contributed by atoms with Crippen LogP contribution in [0.15, 0.2) is 35.4 Å². The van der Waals surface area contributed by atoms with E-state index in [0.29, 0.717) is 10.1 Å². The molecule has 0 atom stereocenters. The Bertz CT molecular complexity index is 605. The molecule has 0 aliphatic rings. The number of rotatable bonds is 2. The minimum atomic E-state index is 0.0274. The first-order valence-electron chi connectivity index (χ1n) is 5.35. The number of nitrogens with zero attached hydrogens (tertiary/aromatic N) is 2. The molecule has 1 aromatic carbocycles. The molecular formula is C13H13IN2O. The van der Waals surface area contributed by atoms with E-state index in [1.54, 1.807) is 10.9 Å². The summed E-state index contributed by atoms with van der Waals surface area (Å²) >= 11 is 2.05. The highest BCUT2D eigenvalue weighted by atomic mass is 127. The van der Waals surface area contributed by atoms with E-state index < -0.39 is 0 Å². The van der Waals surface area contributed by atoms with Gasteiger partial charge in [0, 0.05) is 0 Å². The zero-order valence-corrected chi connectivity index (χ0v) is 11.9. The Morgan fingerprint density at radius 2 is 2.12 bits per heavy atom. The molecule has 0 spiro atoms. The van der Waals surface area contributed by atoms with Gasteiger partial charge in [0.1, 0.15) is 0 Å². The number of halogens is 1. The van der Waals surface area contributed by atoms with Crippen molar-refractivity contribution in [1.82, 2.24) is 9.55 Å². The Morgan fingerprint density at radius 3 is 2.82 bits per heavy atom. The molecule has 0 amide bonds. The summed E-state index contributed by atoms with van der Waals surface area (Å²) in [6, 6.07) is 8.15. The SMILES string of the molecule is Cc1cccc(Cn2cnc(C)c(I)c2=O)c1. The average molecular weight is 340 g/mol. The summed E-state index contributed by atoms with van der Waals surface area (Å²) in [5.41, 5.74) is 3.13. The van der Waals surface area contributed by atoms with Crippen LogP contribution in [0.1, 0.15) is 16.8 Å². The third kappa shape index (κ3) is 2.74. The van der Waals surface area contributed by atoms with Crippen LogP contribution in [0, 0.1) is 17.4 Å². The molecule has 2 rings (SSSR count). The smallest absolute Gasteiger partial charge is 0.267 e. The Labute approximate surface area is 114 Å². The molecular weight excluding hydrogens is 327 g/mol. The Hall–Kier alpha value is -1.17. The quantitative estimate of drug-likeness (QED) is 0.788.